The Hall–Kier alpha value is -4.35. The Morgan fingerprint density at radius 3 is 2.10 bits per heavy atom. The van der Waals surface area contributed by atoms with Crippen LogP contribution in [0, 0.1) is 18.8 Å². The van der Waals surface area contributed by atoms with Gasteiger partial charge in [0.15, 0.2) is 12.4 Å². The van der Waals surface area contributed by atoms with Crippen LogP contribution in [0.15, 0.2) is 90.1 Å². The highest BCUT2D eigenvalue weighted by Crippen LogP contribution is 2.35. The highest BCUT2D eigenvalue weighted by Gasteiger charge is 2.22. The lowest BCUT2D eigenvalue weighted by molar-refractivity contribution is 0.353. The molecule has 0 unspecified atom stereocenters. The molecule has 3 aromatic carbocycles. The summed E-state index contributed by atoms with van der Waals surface area (Å²) < 4.78 is 40.7. The van der Waals surface area contributed by atoms with Crippen molar-refractivity contribution < 1.29 is 17.9 Å². The first-order valence-electron chi connectivity index (χ1n) is 12.5. The largest absolute Gasteiger partial charge is 0.481 e. The van der Waals surface area contributed by atoms with Crippen LogP contribution in [0.1, 0.15) is 31.9 Å². The number of nitrogens with zero attached hydrogens (tertiary/aromatic N) is 2. The second-order valence-corrected chi connectivity index (χ2v) is 11.6. The number of nitrogens with one attached hydrogen (secondary N) is 1. The molecule has 0 spiro atoms. The molecule has 0 bridgehead atoms. The molecule has 4 rings (SSSR count). The quantitative estimate of drug-likeness (QED) is 0.275. The number of rotatable bonds is 8. The maximum absolute atomic E-state index is 13.3. The summed E-state index contributed by atoms with van der Waals surface area (Å²) in [7, 11) is -3.93. The molecule has 1 heterocycles. The zero-order valence-corrected chi connectivity index (χ0v) is 23.2. The molecule has 1 N–H and O–H groups in total. The fourth-order valence-electron chi connectivity index (χ4n) is 3.70. The van der Waals surface area contributed by atoms with Crippen molar-refractivity contribution in [2.45, 2.75) is 38.0 Å². The molecule has 0 radical (unpaired) electrons. The monoisotopic (exact) mass is 541 g/mol. The van der Waals surface area contributed by atoms with Gasteiger partial charge in [0.25, 0.3) is 10.0 Å². The number of sulfonamides is 1. The van der Waals surface area contributed by atoms with Crippen LogP contribution in [-0.4, -0.2) is 31.6 Å². The van der Waals surface area contributed by atoms with E-state index in [4.69, 9.17) is 9.47 Å². The van der Waals surface area contributed by atoms with Crippen molar-refractivity contribution in [2.75, 3.05) is 17.9 Å². The molecule has 0 saturated heterocycles. The van der Waals surface area contributed by atoms with Gasteiger partial charge in [-0.1, -0.05) is 92.8 Å². The molecular formula is C31H31N3O4S. The number of hydrogen-bond acceptors (Lipinski definition) is 6. The van der Waals surface area contributed by atoms with Gasteiger partial charge >= 0.3 is 0 Å². The van der Waals surface area contributed by atoms with Crippen molar-refractivity contribution in [2.24, 2.45) is 0 Å². The van der Waals surface area contributed by atoms with E-state index in [-0.39, 0.29) is 35.2 Å². The van der Waals surface area contributed by atoms with Crippen LogP contribution in [0.3, 0.4) is 0 Å². The summed E-state index contributed by atoms with van der Waals surface area (Å²) in [6.45, 7) is 8.44. The molecule has 0 aliphatic carbocycles. The predicted molar refractivity (Wildman–Crippen MR) is 153 cm³/mol. The number of benzene rings is 3. The summed E-state index contributed by atoms with van der Waals surface area (Å²) in [5.41, 5.74) is 3.13. The molecule has 200 valence electrons. The molecule has 7 nitrogen and oxygen atoms in total. The Morgan fingerprint density at radius 1 is 0.821 bits per heavy atom. The molecule has 0 aliphatic heterocycles. The standard InChI is InChI=1S/C31H31N3O4S/c1-23-12-14-24(15-13-23)28-29(34-39(35,36)27-18-16-25(17-19-27)31(2,3)4)32-22-33-30(28)38-21-9-8-20-37-26-10-6-5-7-11-26/h5-7,10-19,22H,20-21H2,1-4H3,(H,32,33,34). The molecule has 0 fully saturated rings. The van der Waals surface area contributed by atoms with Crippen LogP contribution in [0.25, 0.3) is 11.1 Å². The van der Waals surface area contributed by atoms with E-state index in [9.17, 15) is 8.42 Å². The second-order valence-electron chi connectivity index (χ2n) is 9.89. The minimum absolute atomic E-state index is 0.0362. The first kappa shape index (κ1) is 27.7. The van der Waals surface area contributed by atoms with Crippen molar-refractivity contribution in [3.8, 4) is 34.6 Å². The van der Waals surface area contributed by atoms with Gasteiger partial charge in [-0.25, -0.2) is 18.4 Å². The molecule has 39 heavy (non-hydrogen) atoms. The van der Waals surface area contributed by atoms with Gasteiger partial charge < -0.3 is 9.47 Å². The van der Waals surface area contributed by atoms with E-state index in [1.54, 1.807) is 12.1 Å². The van der Waals surface area contributed by atoms with E-state index >= 15 is 0 Å². The lowest BCUT2D eigenvalue weighted by atomic mass is 9.87. The maximum Gasteiger partial charge on any atom is 0.263 e. The molecule has 0 amide bonds. The average molecular weight is 542 g/mol. The zero-order chi connectivity index (χ0) is 27.9. The molecule has 0 saturated carbocycles. The van der Waals surface area contributed by atoms with Crippen molar-refractivity contribution in [3.05, 3.63) is 96.3 Å². The van der Waals surface area contributed by atoms with Crippen LogP contribution in [-0.2, 0) is 15.4 Å². The summed E-state index contributed by atoms with van der Waals surface area (Å²) in [6, 6.07) is 23.8. The van der Waals surface area contributed by atoms with Gasteiger partial charge in [-0.15, -0.1) is 0 Å². The van der Waals surface area contributed by atoms with Crippen molar-refractivity contribution >= 4 is 15.8 Å². The Balaban J connectivity index is 1.57. The topological polar surface area (TPSA) is 90.4 Å². The summed E-state index contributed by atoms with van der Waals surface area (Å²) in [5, 5.41) is 0. The molecule has 4 aromatic rings. The minimum Gasteiger partial charge on any atom is -0.481 e. The maximum atomic E-state index is 13.3. The smallest absolute Gasteiger partial charge is 0.263 e. The van der Waals surface area contributed by atoms with Gasteiger partial charge in [0, 0.05) is 0 Å². The highest BCUT2D eigenvalue weighted by molar-refractivity contribution is 7.92. The molecule has 8 heteroatoms. The average Bonchev–Trinajstić information content (AvgIpc) is 2.91. The van der Waals surface area contributed by atoms with Gasteiger partial charge in [0.05, 0.1) is 10.5 Å². The zero-order valence-electron chi connectivity index (χ0n) is 22.4. The summed E-state index contributed by atoms with van der Waals surface area (Å²) >= 11 is 0. The van der Waals surface area contributed by atoms with Crippen LogP contribution in [0.5, 0.6) is 11.6 Å². The summed E-state index contributed by atoms with van der Waals surface area (Å²) in [4.78, 5) is 8.67. The number of para-hydroxylation sites is 1. The third-order valence-electron chi connectivity index (χ3n) is 5.87. The first-order chi connectivity index (χ1) is 18.6. The third kappa shape index (κ3) is 7.37. The third-order valence-corrected chi connectivity index (χ3v) is 7.23. The van der Waals surface area contributed by atoms with E-state index in [0.717, 1.165) is 16.9 Å². The highest BCUT2D eigenvalue weighted by atomic mass is 32.2. The Bertz CT molecular complexity index is 1570. The van der Waals surface area contributed by atoms with Gasteiger partial charge in [-0.3, -0.25) is 4.72 Å². The normalized spacial score (nSPS) is 11.3. The number of aromatic nitrogens is 2. The molecular weight excluding hydrogens is 510 g/mol. The Morgan fingerprint density at radius 2 is 1.46 bits per heavy atom. The fraction of sp³-hybridized carbons (Fsp3) is 0.226. The van der Waals surface area contributed by atoms with Crippen LogP contribution in [0.2, 0.25) is 0 Å². The van der Waals surface area contributed by atoms with Gasteiger partial charge in [0.1, 0.15) is 18.7 Å². The van der Waals surface area contributed by atoms with Crippen molar-refractivity contribution in [3.63, 3.8) is 0 Å². The Labute approximate surface area is 230 Å². The second kappa shape index (κ2) is 12.0. The van der Waals surface area contributed by atoms with E-state index in [1.807, 2.05) is 73.7 Å². The Kier molecular flexibility index (Phi) is 8.52. The summed E-state index contributed by atoms with van der Waals surface area (Å²) in [5.74, 6) is 6.88. The molecule has 0 aliphatic rings. The number of hydrogen-bond donors (Lipinski definition) is 1. The first-order valence-corrected chi connectivity index (χ1v) is 13.9. The van der Waals surface area contributed by atoms with Gasteiger partial charge in [-0.2, -0.15) is 0 Å². The van der Waals surface area contributed by atoms with E-state index in [2.05, 4.69) is 47.3 Å². The SMILES string of the molecule is Cc1ccc(-c2c(NS(=O)(=O)c3ccc(C(C)(C)C)cc3)ncnc2OCC#CCOc2ccccc2)cc1. The number of aryl methyl sites for hydroxylation is 1. The lowest BCUT2D eigenvalue weighted by Crippen LogP contribution is -2.16. The molecule has 1 aromatic heterocycles. The van der Waals surface area contributed by atoms with E-state index in [1.165, 1.54) is 6.33 Å². The number of ether oxygens (including phenoxy) is 2. The van der Waals surface area contributed by atoms with Crippen LogP contribution in [0.4, 0.5) is 5.82 Å². The lowest BCUT2D eigenvalue weighted by Gasteiger charge is -2.19. The number of anilines is 1. The van der Waals surface area contributed by atoms with Gasteiger partial charge in [0.2, 0.25) is 5.88 Å². The van der Waals surface area contributed by atoms with Crippen LogP contribution < -0.4 is 14.2 Å². The summed E-state index contributed by atoms with van der Waals surface area (Å²) in [6.07, 6.45) is 1.26. The van der Waals surface area contributed by atoms with E-state index in [0.29, 0.717) is 11.1 Å². The molecule has 0 atom stereocenters. The van der Waals surface area contributed by atoms with E-state index < -0.39 is 10.0 Å². The predicted octanol–water partition coefficient (Wildman–Crippen LogP) is 6.01. The van der Waals surface area contributed by atoms with Crippen molar-refractivity contribution in [1.82, 2.24) is 9.97 Å². The van der Waals surface area contributed by atoms with Crippen LogP contribution >= 0.6 is 0 Å². The fourth-order valence-corrected chi connectivity index (χ4v) is 4.72. The van der Waals surface area contributed by atoms with Crippen molar-refractivity contribution in [1.29, 1.82) is 0 Å². The minimum atomic E-state index is -3.93. The van der Waals surface area contributed by atoms with Gasteiger partial charge in [-0.05, 0) is 47.7 Å².